The molecule has 1 fully saturated rings. The Kier molecular flexibility index (Phi) is 2.51. The van der Waals surface area contributed by atoms with Crippen molar-refractivity contribution in [3.05, 3.63) is 28.5 Å². The van der Waals surface area contributed by atoms with Gasteiger partial charge in [0.25, 0.3) is 0 Å². The molecule has 0 spiro atoms. The van der Waals surface area contributed by atoms with E-state index >= 15 is 0 Å². The minimum Gasteiger partial charge on any atom is -0.316 e. The van der Waals surface area contributed by atoms with E-state index in [-0.39, 0.29) is 0 Å². The zero-order chi connectivity index (χ0) is 9.26. The molecule has 0 bridgehead atoms. The fourth-order valence-corrected chi connectivity index (χ4v) is 2.11. The first-order chi connectivity index (χ1) is 6.27. The van der Waals surface area contributed by atoms with Crippen LogP contribution < -0.4 is 5.32 Å². The minimum atomic E-state index is 0.556. The van der Waals surface area contributed by atoms with Crippen molar-refractivity contribution in [2.24, 2.45) is 0 Å². The van der Waals surface area contributed by atoms with Crippen LogP contribution in [0.5, 0.6) is 0 Å². The number of hydrogen-bond acceptors (Lipinski definition) is 2. The van der Waals surface area contributed by atoms with Gasteiger partial charge in [0.2, 0.25) is 0 Å². The van der Waals surface area contributed by atoms with Crippen molar-refractivity contribution in [3.63, 3.8) is 0 Å². The largest absolute Gasteiger partial charge is 0.316 e. The van der Waals surface area contributed by atoms with Gasteiger partial charge in [-0.2, -0.15) is 0 Å². The van der Waals surface area contributed by atoms with Gasteiger partial charge in [0, 0.05) is 18.2 Å². The molecule has 3 heteroatoms. The molecule has 1 aromatic heterocycles. The summed E-state index contributed by atoms with van der Waals surface area (Å²) in [5.41, 5.74) is 2.18. The molecule has 1 N–H and O–H groups in total. The average molecular weight is 197 g/mol. The normalized spacial score (nSPS) is 22.2. The molecule has 1 unspecified atom stereocenters. The fourth-order valence-electron chi connectivity index (χ4n) is 1.76. The van der Waals surface area contributed by atoms with Crippen molar-refractivity contribution in [2.45, 2.75) is 19.3 Å². The molecule has 70 valence electrons. The van der Waals surface area contributed by atoms with E-state index in [9.17, 15) is 0 Å². The van der Waals surface area contributed by atoms with Crippen LogP contribution in [0.2, 0.25) is 5.15 Å². The van der Waals surface area contributed by atoms with E-state index in [2.05, 4.69) is 16.4 Å². The summed E-state index contributed by atoms with van der Waals surface area (Å²) in [4.78, 5) is 4.26. The van der Waals surface area contributed by atoms with Crippen molar-refractivity contribution >= 4 is 11.6 Å². The third-order valence-electron chi connectivity index (χ3n) is 2.52. The number of hydrogen-bond donors (Lipinski definition) is 1. The topological polar surface area (TPSA) is 24.9 Å². The second-order valence-corrected chi connectivity index (χ2v) is 3.88. The van der Waals surface area contributed by atoms with Crippen molar-refractivity contribution in [1.29, 1.82) is 0 Å². The summed E-state index contributed by atoms with van der Waals surface area (Å²) in [6, 6.07) is 4.13. The minimum absolute atomic E-state index is 0.556. The molecule has 1 aromatic rings. The quantitative estimate of drug-likeness (QED) is 0.697. The van der Waals surface area contributed by atoms with Gasteiger partial charge >= 0.3 is 0 Å². The number of aryl methyl sites for hydroxylation is 1. The summed E-state index contributed by atoms with van der Waals surface area (Å²) in [5, 5.41) is 4.00. The van der Waals surface area contributed by atoms with Crippen LogP contribution in [0, 0.1) is 6.92 Å². The molecule has 1 aliphatic rings. The van der Waals surface area contributed by atoms with Gasteiger partial charge < -0.3 is 5.32 Å². The Morgan fingerprint density at radius 2 is 2.38 bits per heavy atom. The fraction of sp³-hybridized carbons (Fsp3) is 0.500. The van der Waals surface area contributed by atoms with Gasteiger partial charge in [-0.15, -0.1) is 0 Å². The summed E-state index contributed by atoms with van der Waals surface area (Å²) < 4.78 is 0. The molecule has 2 rings (SSSR count). The van der Waals surface area contributed by atoms with E-state index in [4.69, 9.17) is 11.6 Å². The summed E-state index contributed by atoms with van der Waals surface area (Å²) in [6.07, 6.45) is 1.17. The third kappa shape index (κ3) is 1.84. The molecule has 2 nitrogen and oxygen atoms in total. The van der Waals surface area contributed by atoms with Gasteiger partial charge in [0.05, 0.1) is 0 Å². The molecular weight excluding hydrogens is 184 g/mol. The number of rotatable bonds is 1. The molecule has 0 aliphatic carbocycles. The molecule has 0 saturated carbocycles. The Balaban J connectivity index is 2.29. The maximum Gasteiger partial charge on any atom is 0.132 e. The van der Waals surface area contributed by atoms with E-state index in [0.717, 1.165) is 18.8 Å². The average Bonchev–Trinajstić information content (AvgIpc) is 2.56. The molecule has 1 aliphatic heterocycles. The van der Waals surface area contributed by atoms with Crippen LogP contribution in [0.25, 0.3) is 0 Å². The third-order valence-corrected chi connectivity index (χ3v) is 2.82. The first kappa shape index (κ1) is 8.97. The first-order valence-corrected chi connectivity index (χ1v) is 4.99. The number of pyridine rings is 1. The first-order valence-electron chi connectivity index (χ1n) is 4.61. The Morgan fingerprint density at radius 1 is 1.54 bits per heavy atom. The summed E-state index contributed by atoms with van der Waals surface area (Å²) in [7, 11) is 0. The zero-order valence-electron chi connectivity index (χ0n) is 7.68. The highest BCUT2D eigenvalue weighted by Gasteiger charge is 2.19. The van der Waals surface area contributed by atoms with E-state index in [1.807, 2.05) is 13.0 Å². The Hall–Kier alpha value is -0.600. The van der Waals surface area contributed by atoms with Crippen LogP contribution >= 0.6 is 11.6 Å². The molecule has 13 heavy (non-hydrogen) atoms. The second kappa shape index (κ2) is 3.64. The molecule has 2 heterocycles. The van der Waals surface area contributed by atoms with E-state index in [1.54, 1.807) is 0 Å². The van der Waals surface area contributed by atoms with Crippen LogP contribution in [0.15, 0.2) is 12.1 Å². The maximum atomic E-state index is 6.07. The van der Waals surface area contributed by atoms with Crippen LogP contribution in [-0.4, -0.2) is 18.1 Å². The van der Waals surface area contributed by atoms with Gasteiger partial charge in [0.15, 0.2) is 0 Å². The van der Waals surface area contributed by atoms with Crippen molar-refractivity contribution in [3.8, 4) is 0 Å². The smallest absolute Gasteiger partial charge is 0.132 e. The van der Waals surface area contributed by atoms with Crippen LogP contribution in [0.4, 0.5) is 0 Å². The monoisotopic (exact) mass is 196 g/mol. The van der Waals surface area contributed by atoms with Gasteiger partial charge in [-0.3, -0.25) is 0 Å². The number of aromatic nitrogens is 1. The predicted octanol–water partition coefficient (Wildman–Crippen LogP) is 2.12. The number of nitrogens with one attached hydrogen (secondary N) is 1. The molecule has 0 aromatic carbocycles. The maximum absolute atomic E-state index is 6.07. The Labute approximate surface area is 83.3 Å². The van der Waals surface area contributed by atoms with Gasteiger partial charge in [-0.1, -0.05) is 17.7 Å². The van der Waals surface area contributed by atoms with Gasteiger partial charge in [-0.05, 0) is 31.5 Å². The Bertz CT molecular complexity index is 306. The summed E-state index contributed by atoms with van der Waals surface area (Å²) in [5.74, 6) is 0.556. The lowest BCUT2D eigenvalue weighted by atomic mass is 10.0. The lowest BCUT2D eigenvalue weighted by Gasteiger charge is -2.10. The second-order valence-electron chi connectivity index (χ2n) is 3.52. The zero-order valence-corrected chi connectivity index (χ0v) is 8.43. The number of nitrogens with zero attached hydrogens (tertiary/aromatic N) is 1. The molecule has 1 atom stereocenters. The van der Waals surface area contributed by atoms with Crippen molar-refractivity contribution < 1.29 is 0 Å². The Morgan fingerprint density at radius 3 is 3.00 bits per heavy atom. The molecule has 0 radical (unpaired) electrons. The van der Waals surface area contributed by atoms with Gasteiger partial charge in [-0.25, -0.2) is 4.98 Å². The van der Waals surface area contributed by atoms with Crippen molar-refractivity contribution in [1.82, 2.24) is 10.3 Å². The molecule has 1 saturated heterocycles. The standard InChI is InChI=1S/C10H13ClN2/c1-7-2-3-9(10(11)13-7)8-4-5-12-6-8/h2-3,8,12H,4-6H2,1H3. The molecule has 0 amide bonds. The highest BCUT2D eigenvalue weighted by molar-refractivity contribution is 6.30. The lowest BCUT2D eigenvalue weighted by Crippen LogP contribution is -2.08. The van der Waals surface area contributed by atoms with E-state index in [1.165, 1.54) is 12.0 Å². The van der Waals surface area contributed by atoms with Crippen molar-refractivity contribution in [2.75, 3.05) is 13.1 Å². The van der Waals surface area contributed by atoms with E-state index < -0.39 is 0 Å². The van der Waals surface area contributed by atoms with Crippen LogP contribution in [-0.2, 0) is 0 Å². The van der Waals surface area contributed by atoms with Crippen LogP contribution in [0.3, 0.4) is 0 Å². The SMILES string of the molecule is Cc1ccc(C2CCNC2)c(Cl)n1. The van der Waals surface area contributed by atoms with Gasteiger partial charge in [0.1, 0.15) is 5.15 Å². The van der Waals surface area contributed by atoms with Crippen LogP contribution in [0.1, 0.15) is 23.6 Å². The summed E-state index contributed by atoms with van der Waals surface area (Å²) in [6.45, 7) is 4.09. The lowest BCUT2D eigenvalue weighted by molar-refractivity contribution is 0.758. The highest BCUT2D eigenvalue weighted by atomic mass is 35.5. The number of halogens is 1. The molecular formula is C10H13ClN2. The van der Waals surface area contributed by atoms with E-state index in [0.29, 0.717) is 11.1 Å². The highest BCUT2D eigenvalue weighted by Crippen LogP contribution is 2.27. The summed E-state index contributed by atoms with van der Waals surface area (Å²) >= 11 is 6.07. The predicted molar refractivity (Wildman–Crippen MR) is 54.2 cm³/mol.